The molecule has 0 bridgehead atoms. The lowest BCUT2D eigenvalue weighted by Gasteiger charge is -2.03. The minimum absolute atomic E-state index is 0.117. The lowest BCUT2D eigenvalue weighted by Crippen LogP contribution is -2.05. The lowest BCUT2D eigenvalue weighted by atomic mass is 10.1. The van der Waals surface area contributed by atoms with Crippen LogP contribution in [0, 0.1) is 0 Å². The Bertz CT molecular complexity index is 585. The Morgan fingerprint density at radius 1 is 1.33 bits per heavy atom. The highest BCUT2D eigenvalue weighted by atomic mass is 16.1. The quantitative estimate of drug-likeness (QED) is 0.837. The van der Waals surface area contributed by atoms with Crippen molar-refractivity contribution in [2.75, 3.05) is 5.32 Å². The standard InChI is InChI=1S/C13H13N3O2/c1-9(18)14-12-5-3-10(4-6-12)13-11(8-17)7-16(2)15-13/h3-8H,1-2H3,(H,14,18). The molecule has 1 N–H and O–H groups in total. The van der Waals surface area contributed by atoms with Gasteiger partial charge in [-0.15, -0.1) is 0 Å². The second-order valence-electron chi connectivity index (χ2n) is 3.98. The maximum atomic E-state index is 10.9. The van der Waals surface area contributed by atoms with Crippen molar-refractivity contribution in [1.82, 2.24) is 9.78 Å². The molecule has 2 aromatic rings. The van der Waals surface area contributed by atoms with Crippen molar-refractivity contribution >= 4 is 17.9 Å². The van der Waals surface area contributed by atoms with Gasteiger partial charge in [-0.2, -0.15) is 5.10 Å². The minimum Gasteiger partial charge on any atom is -0.326 e. The summed E-state index contributed by atoms with van der Waals surface area (Å²) in [5.74, 6) is -0.117. The number of carbonyl (C=O) groups is 2. The largest absolute Gasteiger partial charge is 0.326 e. The Morgan fingerprint density at radius 3 is 2.56 bits per heavy atom. The van der Waals surface area contributed by atoms with Crippen LogP contribution in [0.3, 0.4) is 0 Å². The first kappa shape index (κ1) is 12.0. The number of aryl methyl sites for hydroxylation is 1. The van der Waals surface area contributed by atoms with E-state index in [9.17, 15) is 9.59 Å². The van der Waals surface area contributed by atoms with Crippen LogP contribution in [-0.4, -0.2) is 22.0 Å². The SMILES string of the molecule is CC(=O)Nc1ccc(-c2nn(C)cc2C=O)cc1. The third kappa shape index (κ3) is 2.45. The Morgan fingerprint density at radius 2 is 2.00 bits per heavy atom. The maximum Gasteiger partial charge on any atom is 0.221 e. The van der Waals surface area contributed by atoms with Crippen molar-refractivity contribution in [2.24, 2.45) is 7.05 Å². The zero-order valence-electron chi connectivity index (χ0n) is 10.2. The van der Waals surface area contributed by atoms with E-state index in [1.165, 1.54) is 6.92 Å². The van der Waals surface area contributed by atoms with Crippen molar-refractivity contribution in [3.63, 3.8) is 0 Å². The van der Waals surface area contributed by atoms with E-state index in [2.05, 4.69) is 10.4 Å². The van der Waals surface area contributed by atoms with Crippen molar-refractivity contribution < 1.29 is 9.59 Å². The van der Waals surface area contributed by atoms with Gasteiger partial charge < -0.3 is 5.32 Å². The van der Waals surface area contributed by atoms with Crippen LogP contribution in [-0.2, 0) is 11.8 Å². The Balaban J connectivity index is 2.33. The highest BCUT2D eigenvalue weighted by Crippen LogP contribution is 2.22. The van der Waals surface area contributed by atoms with Crippen LogP contribution < -0.4 is 5.32 Å². The van der Waals surface area contributed by atoms with E-state index in [1.54, 1.807) is 30.1 Å². The van der Waals surface area contributed by atoms with Gasteiger partial charge in [0, 0.05) is 31.4 Å². The normalized spacial score (nSPS) is 10.1. The van der Waals surface area contributed by atoms with Crippen LogP contribution in [0.15, 0.2) is 30.5 Å². The molecular formula is C13H13N3O2. The third-order valence-electron chi connectivity index (χ3n) is 2.46. The van der Waals surface area contributed by atoms with Gasteiger partial charge in [0.15, 0.2) is 6.29 Å². The van der Waals surface area contributed by atoms with Crippen LogP contribution in [0.25, 0.3) is 11.3 Å². The van der Waals surface area contributed by atoms with E-state index in [-0.39, 0.29) is 5.91 Å². The van der Waals surface area contributed by atoms with E-state index in [0.717, 1.165) is 17.5 Å². The average Bonchev–Trinajstić information content (AvgIpc) is 2.71. The number of hydrogen-bond donors (Lipinski definition) is 1. The zero-order chi connectivity index (χ0) is 13.1. The number of hydrogen-bond acceptors (Lipinski definition) is 3. The highest BCUT2D eigenvalue weighted by molar-refractivity contribution is 5.89. The second kappa shape index (κ2) is 4.83. The number of carbonyl (C=O) groups excluding carboxylic acids is 2. The highest BCUT2D eigenvalue weighted by Gasteiger charge is 2.09. The molecule has 1 heterocycles. The molecular weight excluding hydrogens is 230 g/mol. The van der Waals surface area contributed by atoms with Crippen molar-refractivity contribution in [2.45, 2.75) is 6.92 Å². The van der Waals surface area contributed by atoms with E-state index in [4.69, 9.17) is 0 Å². The smallest absolute Gasteiger partial charge is 0.221 e. The number of aldehydes is 1. The van der Waals surface area contributed by atoms with Crippen molar-refractivity contribution in [3.8, 4) is 11.3 Å². The summed E-state index contributed by atoms with van der Waals surface area (Å²) < 4.78 is 1.60. The zero-order valence-corrected chi connectivity index (χ0v) is 10.2. The van der Waals surface area contributed by atoms with Gasteiger partial charge in [0.05, 0.1) is 5.56 Å². The topological polar surface area (TPSA) is 64.0 Å². The van der Waals surface area contributed by atoms with Crippen LogP contribution in [0.4, 0.5) is 5.69 Å². The molecule has 0 unspecified atom stereocenters. The van der Waals surface area contributed by atoms with Gasteiger partial charge in [-0.25, -0.2) is 0 Å². The molecule has 0 saturated carbocycles. The predicted octanol–water partition coefficient (Wildman–Crippen LogP) is 1.86. The second-order valence-corrected chi connectivity index (χ2v) is 3.98. The number of benzene rings is 1. The van der Waals surface area contributed by atoms with Crippen LogP contribution >= 0.6 is 0 Å². The summed E-state index contributed by atoms with van der Waals surface area (Å²) in [5, 5.41) is 6.92. The molecule has 5 nitrogen and oxygen atoms in total. The van der Waals surface area contributed by atoms with Gasteiger partial charge in [-0.1, -0.05) is 12.1 Å². The number of anilines is 1. The molecule has 1 aromatic carbocycles. The van der Waals surface area contributed by atoms with E-state index in [0.29, 0.717) is 11.3 Å². The number of nitrogens with one attached hydrogen (secondary N) is 1. The predicted molar refractivity (Wildman–Crippen MR) is 68.3 cm³/mol. The summed E-state index contributed by atoms with van der Waals surface area (Å²) in [5.41, 5.74) is 2.74. The van der Waals surface area contributed by atoms with Crippen molar-refractivity contribution in [1.29, 1.82) is 0 Å². The molecule has 0 spiro atoms. The first-order valence-corrected chi connectivity index (χ1v) is 5.47. The molecule has 0 aliphatic rings. The summed E-state index contributed by atoms with van der Waals surface area (Å²) >= 11 is 0. The molecule has 0 fully saturated rings. The summed E-state index contributed by atoms with van der Waals surface area (Å²) in [6.45, 7) is 1.46. The van der Waals surface area contributed by atoms with Crippen LogP contribution in [0.2, 0.25) is 0 Å². The Labute approximate surface area is 104 Å². The fraction of sp³-hybridized carbons (Fsp3) is 0.154. The fourth-order valence-electron chi connectivity index (χ4n) is 1.73. The first-order valence-electron chi connectivity index (χ1n) is 5.47. The van der Waals surface area contributed by atoms with E-state index >= 15 is 0 Å². The molecule has 1 amide bonds. The number of aromatic nitrogens is 2. The third-order valence-corrected chi connectivity index (χ3v) is 2.46. The molecule has 5 heteroatoms. The molecule has 0 saturated heterocycles. The minimum atomic E-state index is -0.117. The van der Waals surface area contributed by atoms with Gasteiger partial charge in [0.2, 0.25) is 5.91 Å². The Kier molecular flexibility index (Phi) is 3.23. The maximum absolute atomic E-state index is 10.9. The summed E-state index contributed by atoms with van der Waals surface area (Å²) in [7, 11) is 1.77. The van der Waals surface area contributed by atoms with E-state index in [1.807, 2.05) is 12.1 Å². The van der Waals surface area contributed by atoms with Crippen LogP contribution in [0.1, 0.15) is 17.3 Å². The number of rotatable bonds is 3. The van der Waals surface area contributed by atoms with Gasteiger partial charge in [0.25, 0.3) is 0 Å². The summed E-state index contributed by atoms with van der Waals surface area (Å²) in [6, 6.07) is 7.20. The molecule has 0 aliphatic carbocycles. The Hall–Kier alpha value is -2.43. The van der Waals surface area contributed by atoms with Gasteiger partial charge >= 0.3 is 0 Å². The molecule has 0 atom stereocenters. The summed E-state index contributed by atoms with van der Waals surface area (Å²) in [4.78, 5) is 21.8. The molecule has 18 heavy (non-hydrogen) atoms. The molecule has 2 rings (SSSR count). The summed E-state index contributed by atoms with van der Waals surface area (Å²) in [6.07, 6.45) is 2.45. The lowest BCUT2D eigenvalue weighted by molar-refractivity contribution is -0.114. The van der Waals surface area contributed by atoms with E-state index < -0.39 is 0 Å². The number of nitrogens with zero attached hydrogens (tertiary/aromatic N) is 2. The van der Waals surface area contributed by atoms with Crippen LogP contribution in [0.5, 0.6) is 0 Å². The molecule has 0 radical (unpaired) electrons. The van der Waals surface area contributed by atoms with Crippen molar-refractivity contribution in [3.05, 3.63) is 36.0 Å². The van der Waals surface area contributed by atoms with Gasteiger partial charge in [-0.3, -0.25) is 14.3 Å². The fourth-order valence-corrected chi connectivity index (χ4v) is 1.73. The molecule has 1 aromatic heterocycles. The van der Waals surface area contributed by atoms with Gasteiger partial charge in [0.1, 0.15) is 5.69 Å². The monoisotopic (exact) mass is 243 g/mol. The molecule has 92 valence electrons. The molecule has 0 aliphatic heterocycles. The average molecular weight is 243 g/mol. The first-order chi connectivity index (χ1) is 8.60. The number of amides is 1. The van der Waals surface area contributed by atoms with Gasteiger partial charge in [-0.05, 0) is 12.1 Å².